The lowest BCUT2D eigenvalue weighted by Gasteiger charge is -2.16. The molecule has 0 aromatic carbocycles. The predicted molar refractivity (Wildman–Crippen MR) is 65.5 cm³/mol. The number of aromatic nitrogens is 2. The van der Waals surface area contributed by atoms with E-state index in [1.165, 1.54) is 0 Å². The number of carbonyl (C=O) groups excluding carboxylic acids is 1. The van der Waals surface area contributed by atoms with Gasteiger partial charge in [-0.15, -0.1) is 0 Å². The molecule has 1 unspecified atom stereocenters. The average molecular weight is 236 g/mol. The number of nitrogens with zero attached hydrogens (tertiary/aromatic N) is 3. The molecule has 2 rings (SSSR count). The number of unbranched alkanes of at least 4 members (excludes halogenated alkanes) is 1. The van der Waals surface area contributed by atoms with Crippen LogP contribution in [0.1, 0.15) is 19.3 Å². The molecule has 2 heterocycles. The minimum Gasteiger partial charge on any atom is -0.341 e. The Kier molecular flexibility index (Phi) is 4.14. The van der Waals surface area contributed by atoms with Crippen LogP contribution in [-0.2, 0) is 11.3 Å². The van der Waals surface area contributed by atoms with Crippen molar-refractivity contribution >= 4 is 5.91 Å². The first kappa shape index (κ1) is 12.1. The number of likely N-dealkylation sites (tertiary alicyclic amines) is 1. The highest BCUT2D eigenvalue weighted by Gasteiger charge is 2.29. The van der Waals surface area contributed by atoms with Gasteiger partial charge in [0.1, 0.15) is 0 Å². The molecule has 1 atom stereocenters. The molecule has 1 aliphatic heterocycles. The molecule has 17 heavy (non-hydrogen) atoms. The maximum Gasteiger partial charge on any atom is 0.239 e. The molecule has 0 radical (unpaired) electrons. The molecule has 1 fully saturated rings. The largest absolute Gasteiger partial charge is 0.341 e. The Labute approximate surface area is 102 Å². The zero-order valence-electron chi connectivity index (χ0n) is 10.3. The fourth-order valence-electron chi connectivity index (χ4n) is 2.24. The monoisotopic (exact) mass is 236 g/mol. The highest BCUT2D eigenvalue weighted by Crippen LogP contribution is 2.11. The molecular weight excluding hydrogens is 216 g/mol. The number of amides is 1. The van der Waals surface area contributed by atoms with Crippen molar-refractivity contribution < 1.29 is 4.79 Å². The fraction of sp³-hybridized carbons (Fsp3) is 0.667. The zero-order chi connectivity index (χ0) is 12.1. The van der Waals surface area contributed by atoms with Crippen LogP contribution >= 0.6 is 0 Å². The first-order chi connectivity index (χ1) is 8.31. The van der Waals surface area contributed by atoms with Gasteiger partial charge in [0, 0.05) is 32.0 Å². The van der Waals surface area contributed by atoms with Gasteiger partial charge in [-0.3, -0.25) is 4.79 Å². The van der Waals surface area contributed by atoms with Crippen LogP contribution in [0.3, 0.4) is 0 Å². The summed E-state index contributed by atoms with van der Waals surface area (Å²) in [5.74, 6) is 0.259. The Balaban J connectivity index is 1.64. The third-order valence-electron chi connectivity index (χ3n) is 3.30. The molecule has 0 saturated carbocycles. The van der Waals surface area contributed by atoms with Gasteiger partial charge < -0.3 is 14.8 Å². The molecule has 0 bridgehead atoms. The van der Waals surface area contributed by atoms with Gasteiger partial charge in [0.25, 0.3) is 0 Å². The molecule has 1 amide bonds. The van der Waals surface area contributed by atoms with Crippen molar-refractivity contribution in [1.82, 2.24) is 19.8 Å². The lowest BCUT2D eigenvalue weighted by Crippen LogP contribution is -2.36. The minimum atomic E-state index is 0.0450. The van der Waals surface area contributed by atoms with Gasteiger partial charge in [0.15, 0.2) is 0 Å². The quantitative estimate of drug-likeness (QED) is 0.731. The van der Waals surface area contributed by atoms with Gasteiger partial charge in [0.2, 0.25) is 5.91 Å². The number of imidazole rings is 1. The molecule has 1 N–H and O–H groups in total. The van der Waals surface area contributed by atoms with Crippen LogP contribution in [0.15, 0.2) is 18.7 Å². The Morgan fingerprint density at radius 3 is 2.94 bits per heavy atom. The van der Waals surface area contributed by atoms with E-state index in [9.17, 15) is 4.79 Å². The number of nitrogens with one attached hydrogen (secondary N) is 1. The van der Waals surface area contributed by atoms with Crippen LogP contribution in [0.4, 0.5) is 0 Å². The molecular formula is C12H20N4O. The van der Waals surface area contributed by atoms with Crippen molar-refractivity contribution in [2.75, 3.05) is 20.1 Å². The number of rotatable bonds is 6. The van der Waals surface area contributed by atoms with E-state index in [0.29, 0.717) is 0 Å². The molecule has 94 valence electrons. The summed E-state index contributed by atoms with van der Waals surface area (Å²) < 4.78 is 2.07. The summed E-state index contributed by atoms with van der Waals surface area (Å²) in [5, 5.41) is 3.05. The van der Waals surface area contributed by atoms with Crippen molar-refractivity contribution in [3.05, 3.63) is 18.7 Å². The Morgan fingerprint density at radius 1 is 1.47 bits per heavy atom. The average Bonchev–Trinajstić information content (AvgIpc) is 2.95. The van der Waals surface area contributed by atoms with E-state index in [-0.39, 0.29) is 11.9 Å². The van der Waals surface area contributed by atoms with Crippen LogP contribution in [-0.4, -0.2) is 46.5 Å². The van der Waals surface area contributed by atoms with Gasteiger partial charge in [-0.05, 0) is 26.3 Å². The first-order valence-corrected chi connectivity index (χ1v) is 6.23. The molecule has 1 aromatic rings. The van der Waals surface area contributed by atoms with Crippen molar-refractivity contribution in [3.63, 3.8) is 0 Å². The Bertz CT molecular complexity index is 349. The number of hydrogen-bond acceptors (Lipinski definition) is 3. The third kappa shape index (κ3) is 3.06. The van der Waals surface area contributed by atoms with Gasteiger partial charge in [-0.25, -0.2) is 4.98 Å². The number of carbonyl (C=O) groups is 1. The second-order valence-electron chi connectivity index (χ2n) is 4.46. The standard InChI is InChI=1S/C12H20N4O/c1-13-11-4-8-16(12(11)17)7-3-2-6-15-9-5-14-10-15/h5,9-11,13H,2-4,6-8H2,1H3. The highest BCUT2D eigenvalue weighted by molar-refractivity contribution is 5.83. The maximum absolute atomic E-state index is 11.8. The molecule has 5 heteroatoms. The summed E-state index contributed by atoms with van der Waals surface area (Å²) >= 11 is 0. The summed E-state index contributed by atoms with van der Waals surface area (Å²) in [5.41, 5.74) is 0. The topological polar surface area (TPSA) is 50.2 Å². The summed E-state index contributed by atoms with van der Waals surface area (Å²) in [4.78, 5) is 17.8. The van der Waals surface area contributed by atoms with Crippen molar-refractivity contribution in [2.24, 2.45) is 0 Å². The van der Waals surface area contributed by atoms with Gasteiger partial charge in [-0.2, -0.15) is 0 Å². The van der Waals surface area contributed by atoms with Crippen molar-refractivity contribution in [1.29, 1.82) is 0 Å². The third-order valence-corrected chi connectivity index (χ3v) is 3.30. The van der Waals surface area contributed by atoms with Crippen LogP contribution in [0.2, 0.25) is 0 Å². The summed E-state index contributed by atoms with van der Waals surface area (Å²) in [6.45, 7) is 2.76. The van der Waals surface area contributed by atoms with E-state index in [2.05, 4.69) is 14.9 Å². The van der Waals surface area contributed by atoms with E-state index in [1.54, 1.807) is 6.20 Å². The van der Waals surface area contributed by atoms with Gasteiger partial charge >= 0.3 is 0 Å². The second-order valence-corrected chi connectivity index (χ2v) is 4.46. The van der Waals surface area contributed by atoms with Crippen LogP contribution < -0.4 is 5.32 Å². The van der Waals surface area contributed by atoms with Crippen LogP contribution in [0.25, 0.3) is 0 Å². The number of aryl methyl sites for hydroxylation is 1. The number of likely N-dealkylation sites (N-methyl/N-ethyl adjacent to an activating group) is 1. The van der Waals surface area contributed by atoms with Crippen LogP contribution in [0, 0.1) is 0 Å². The van der Waals surface area contributed by atoms with E-state index < -0.39 is 0 Å². The van der Waals surface area contributed by atoms with Crippen molar-refractivity contribution in [3.8, 4) is 0 Å². The SMILES string of the molecule is CNC1CCN(CCCCn2ccnc2)C1=O. The van der Waals surface area contributed by atoms with E-state index in [1.807, 2.05) is 24.5 Å². The molecule has 0 spiro atoms. The van der Waals surface area contributed by atoms with E-state index in [4.69, 9.17) is 0 Å². The smallest absolute Gasteiger partial charge is 0.239 e. The Morgan fingerprint density at radius 2 is 2.29 bits per heavy atom. The van der Waals surface area contributed by atoms with E-state index >= 15 is 0 Å². The lowest BCUT2D eigenvalue weighted by atomic mass is 10.2. The van der Waals surface area contributed by atoms with E-state index in [0.717, 1.165) is 38.9 Å². The number of hydrogen-bond donors (Lipinski definition) is 1. The molecule has 0 aliphatic carbocycles. The van der Waals surface area contributed by atoms with Crippen molar-refractivity contribution in [2.45, 2.75) is 31.8 Å². The fourth-order valence-corrected chi connectivity index (χ4v) is 2.24. The van der Waals surface area contributed by atoms with Crippen LogP contribution in [0.5, 0.6) is 0 Å². The summed E-state index contributed by atoms with van der Waals surface area (Å²) in [6.07, 6.45) is 8.68. The Hall–Kier alpha value is -1.36. The molecule has 1 aromatic heterocycles. The zero-order valence-corrected chi connectivity index (χ0v) is 10.3. The molecule has 1 saturated heterocycles. The lowest BCUT2D eigenvalue weighted by molar-refractivity contribution is -0.129. The first-order valence-electron chi connectivity index (χ1n) is 6.23. The summed E-state index contributed by atoms with van der Waals surface area (Å²) in [6, 6.07) is 0.0450. The van der Waals surface area contributed by atoms with Gasteiger partial charge in [-0.1, -0.05) is 0 Å². The van der Waals surface area contributed by atoms with Gasteiger partial charge in [0.05, 0.1) is 12.4 Å². The highest BCUT2D eigenvalue weighted by atomic mass is 16.2. The molecule has 5 nitrogen and oxygen atoms in total. The minimum absolute atomic E-state index is 0.0450. The second kappa shape index (κ2) is 5.82. The normalized spacial score (nSPS) is 20.2. The molecule has 1 aliphatic rings. The predicted octanol–water partition coefficient (Wildman–Crippen LogP) is 0.484. The summed E-state index contributed by atoms with van der Waals surface area (Å²) in [7, 11) is 1.85. The maximum atomic E-state index is 11.8.